The maximum absolute atomic E-state index is 5.80. The molecule has 0 spiro atoms. The molecule has 5 nitrogen and oxygen atoms in total. The molecule has 1 aromatic rings. The quantitative estimate of drug-likeness (QED) is 0.804. The zero-order chi connectivity index (χ0) is 12.3. The van der Waals surface area contributed by atoms with Crippen LogP contribution in [0.1, 0.15) is 44.5 Å². The summed E-state index contributed by atoms with van der Waals surface area (Å²) in [4.78, 5) is 4.54. The van der Waals surface area contributed by atoms with Gasteiger partial charge in [0, 0.05) is 6.54 Å². The Hall–Kier alpha value is -1.23. The van der Waals surface area contributed by atoms with Crippen molar-refractivity contribution in [2.24, 2.45) is 5.73 Å². The van der Waals surface area contributed by atoms with Gasteiger partial charge in [-0.25, -0.2) is 4.98 Å². The molecule has 1 heterocycles. The minimum absolute atomic E-state index is 0.0143. The molecule has 1 aliphatic carbocycles. The highest BCUT2D eigenvalue weighted by Crippen LogP contribution is 2.33. The highest BCUT2D eigenvalue weighted by Gasteiger charge is 2.36. The predicted octanol–water partition coefficient (Wildman–Crippen LogP) is 1.29. The standard InChI is InChI=1S/C12H21N5/c1-3-9-10(4-2)16-17-11(14-9)15-12(8-13)6-5-7-12/h3-8,13H2,1-2H3,(H,14,15,17). The molecular weight excluding hydrogens is 214 g/mol. The van der Waals surface area contributed by atoms with Crippen molar-refractivity contribution in [3.8, 4) is 0 Å². The van der Waals surface area contributed by atoms with Crippen molar-refractivity contribution in [1.82, 2.24) is 15.2 Å². The van der Waals surface area contributed by atoms with E-state index in [1.54, 1.807) is 0 Å². The van der Waals surface area contributed by atoms with Crippen LogP contribution in [0.4, 0.5) is 5.95 Å². The van der Waals surface area contributed by atoms with Gasteiger partial charge in [-0.2, -0.15) is 5.10 Å². The summed E-state index contributed by atoms with van der Waals surface area (Å²) >= 11 is 0. The second-order valence-electron chi connectivity index (χ2n) is 4.70. The van der Waals surface area contributed by atoms with Crippen LogP contribution in [0.15, 0.2) is 0 Å². The van der Waals surface area contributed by atoms with Crippen LogP contribution in [0, 0.1) is 0 Å². The molecule has 1 aliphatic rings. The van der Waals surface area contributed by atoms with Crippen molar-refractivity contribution in [1.29, 1.82) is 0 Å². The minimum atomic E-state index is 0.0143. The molecule has 0 aromatic carbocycles. The second-order valence-corrected chi connectivity index (χ2v) is 4.70. The van der Waals surface area contributed by atoms with E-state index in [0.29, 0.717) is 12.5 Å². The molecule has 0 saturated heterocycles. The van der Waals surface area contributed by atoms with Crippen molar-refractivity contribution < 1.29 is 0 Å². The van der Waals surface area contributed by atoms with Gasteiger partial charge < -0.3 is 11.1 Å². The summed E-state index contributed by atoms with van der Waals surface area (Å²) in [6.45, 7) is 4.80. The zero-order valence-electron chi connectivity index (χ0n) is 10.7. The van der Waals surface area contributed by atoms with Gasteiger partial charge in [-0.15, -0.1) is 5.10 Å². The topological polar surface area (TPSA) is 76.7 Å². The first-order chi connectivity index (χ1) is 8.23. The fraction of sp³-hybridized carbons (Fsp3) is 0.750. The first-order valence-corrected chi connectivity index (χ1v) is 6.43. The Balaban J connectivity index is 2.16. The summed E-state index contributed by atoms with van der Waals surface area (Å²) in [5, 5.41) is 11.7. The van der Waals surface area contributed by atoms with Crippen LogP contribution in [-0.4, -0.2) is 27.3 Å². The van der Waals surface area contributed by atoms with Gasteiger partial charge in [-0.05, 0) is 32.1 Å². The Morgan fingerprint density at radius 3 is 2.35 bits per heavy atom. The van der Waals surface area contributed by atoms with Crippen molar-refractivity contribution in [2.75, 3.05) is 11.9 Å². The molecule has 1 saturated carbocycles. The van der Waals surface area contributed by atoms with Gasteiger partial charge in [-0.3, -0.25) is 0 Å². The first kappa shape index (κ1) is 12.2. The Morgan fingerprint density at radius 2 is 1.88 bits per heavy atom. The summed E-state index contributed by atoms with van der Waals surface area (Å²) < 4.78 is 0. The van der Waals surface area contributed by atoms with Gasteiger partial charge in [0.05, 0.1) is 16.9 Å². The molecule has 0 amide bonds. The van der Waals surface area contributed by atoms with E-state index >= 15 is 0 Å². The van der Waals surface area contributed by atoms with E-state index in [0.717, 1.165) is 37.1 Å². The van der Waals surface area contributed by atoms with Crippen LogP contribution in [0.2, 0.25) is 0 Å². The molecule has 0 unspecified atom stereocenters. The molecule has 2 rings (SSSR count). The third-order valence-electron chi connectivity index (χ3n) is 3.59. The van der Waals surface area contributed by atoms with E-state index in [4.69, 9.17) is 5.73 Å². The number of hydrogen-bond acceptors (Lipinski definition) is 5. The lowest BCUT2D eigenvalue weighted by molar-refractivity contribution is 0.285. The fourth-order valence-electron chi connectivity index (χ4n) is 2.21. The van der Waals surface area contributed by atoms with Crippen molar-refractivity contribution >= 4 is 5.95 Å². The van der Waals surface area contributed by atoms with Crippen LogP contribution in [0.5, 0.6) is 0 Å². The number of aromatic nitrogens is 3. The van der Waals surface area contributed by atoms with Crippen LogP contribution < -0.4 is 11.1 Å². The van der Waals surface area contributed by atoms with Crippen LogP contribution >= 0.6 is 0 Å². The summed E-state index contributed by atoms with van der Waals surface area (Å²) in [7, 11) is 0. The maximum atomic E-state index is 5.80. The van der Waals surface area contributed by atoms with Crippen LogP contribution in [0.3, 0.4) is 0 Å². The van der Waals surface area contributed by atoms with Gasteiger partial charge in [0.15, 0.2) is 0 Å². The molecule has 1 aromatic heterocycles. The van der Waals surface area contributed by atoms with E-state index in [9.17, 15) is 0 Å². The SMILES string of the molecule is CCc1nnc(NC2(CN)CCC2)nc1CC. The molecule has 0 radical (unpaired) electrons. The zero-order valence-corrected chi connectivity index (χ0v) is 10.7. The van der Waals surface area contributed by atoms with Crippen LogP contribution in [-0.2, 0) is 12.8 Å². The summed E-state index contributed by atoms with van der Waals surface area (Å²) in [5.74, 6) is 0.629. The third kappa shape index (κ3) is 2.39. The Morgan fingerprint density at radius 1 is 1.18 bits per heavy atom. The van der Waals surface area contributed by atoms with Crippen molar-refractivity contribution in [2.45, 2.75) is 51.5 Å². The average Bonchev–Trinajstić information content (AvgIpc) is 2.33. The lowest BCUT2D eigenvalue weighted by Crippen LogP contribution is -2.51. The number of nitrogens with one attached hydrogen (secondary N) is 1. The van der Waals surface area contributed by atoms with E-state index in [1.165, 1.54) is 6.42 Å². The summed E-state index contributed by atoms with van der Waals surface area (Å²) in [5.41, 5.74) is 7.85. The molecule has 0 atom stereocenters. The van der Waals surface area contributed by atoms with Gasteiger partial charge in [0.2, 0.25) is 5.95 Å². The predicted molar refractivity (Wildman–Crippen MR) is 67.8 cm³/mol. The number of nitrogens with two attached hydrogens (primary N) is 1. The smallest absolute Gasteiger partial charge is 0.243 e. The summed E-state index contributed by atoms with van der Waals surface area (Å²) in [6.07, 6.45) is 5.20. The molecule has 3 N–H and O–H groups in total. The Bertz CT molecular complexity index is 381. The van der Waals surface area contributed by atoms with E-state index in [-0.39, 0.29) is 5.54 Å². The number of hydrogen-bond donors (Lipinski definition) is 2. The molecular formula is C12H21N5. The number of aryl methyl sites for hydroxylation is 2. The summed E-state index contributed by atoms with van der Waals surface area (Å²) in [6, 6.07) is 0. The Labute approximate surface area is 102 Å². The molecule has 5 heteroatoms. The molecule has 0 bridgehead atoms. The largest absolute Gasteiger partial charge is 0.346 e. The Kier molecular flexibility index (Phi) is 3.57. The van der Waals surface area contributed by atoms with Gasteiger partial charge in [0.25, 0.3) is 0 Å². The van der Waals surface area contributed by atoms with E-state index < -0.39 is 0 Å². The van der Waals surface area contributed by atoms with Crippen molar-refractivity contribution in [3.63, 3.8) is 0 Å². The number of rotatable bonds is 5. The van der Waals surface area contributed by atoms with Crippen molar-refractivity contribution in [3.05, 3.63) is 11.4 Å². The van der Waals surface area contributed by atoms with E-state index in [2.05, 4.69) is 34.3 Å². The number of anilines is 1. The number of nitrogens with zero attached hydrogens (tertiary/aromatic N) is 3. The third-order valence-corrected chi connectivity index (χ3v) is 3.59. The highest BCUT2D eigenvalue weighted by atomic mass is 15.3. The van der Waals surface area contributed by atoms with Gasteiger partial charge in [-0.1, -0.05) is 13.8 Å². The maximum Gasteiger partial charge on any atom is 0.243 e. The molecule has 1 fully saturated rings. The normalized spacial score (nSPS) is 17.6. The molecule has 94 valence electrons. The molecule has 0 aliphatic heterocycles. The lowest BCUT2D eigenvalue weighted by atomic mass is 9.77. The first-order valence-electron chi connectivity index (χ1n) is 6.43. The monoisotopic (exact) mass is 235 g/mol. The van der Waals surface area contributed by atoms with Gasteiger partial charge >= 0.3 is 0 Å². The van der Waals surface area contributed by atoms with Gasteiger partial charge in [0.1, 0.15) is 0 Å². The lowest BCUT2D eigenvalue weighted by Gasteiger charge is -2.41. The molecule has 17 heavy (non-hydrogen) atoms. The highest BCUT2D eigenvalue weighted by molar-refractivity contribution is 5.32. The minimum Gasteiger partial charge on any atom is -0.346 e. The fourth-order valence-corrected chi connectivity index (χ4v) is 2.21. The van der Waals surface area contributed by atoms with Crippen LogP contribution in [0.25, 0.3) is 0 Å². The second kappa shape index (κ2) is 4.96. The average molecular weight is 235 g/mol. The van der Waals surface area contributed by atoms with E-state index in [1.807, 2.05) is 0 Å².